The van der Waals surface area contributed by atoms with Crippen LogP contribution in [0.25, 0.3) is 0 Å². The highest BCUT2D eigenvalue weighted by molar-refractivity contribution is 7.99. The van der Waals surface area contributed by atoms with Gasteiger partial charge >= 0.3 is 0 Å². The molecule has 0 atom stereocenters. The van der Waals surface area contributed by atoms with Gasteiger partial charge in [-0.05, 0) is 37.7 Å². The molecule has 18 heavy (non-hydrogen) atoms. The minimum Gasteiger partial charge on any atom is -0.394 e. The van der Waals surface area contributed by atoms with Crippen molar-refractivity contribution in [2.24, 2.45) is 0 Å². The van der Waals surface area contributed by atoms with Crippen molar-refractivity contribution in [1.82, 2.24) is 0 Å². The molecule has 0 saturated heterocycles. The van der Waals surface area contributed by atoms with E-state index in [1.807, 2.05) is 11.8 Å². The highest BCUT2D eigenvalue weighted by Crippen LogP contribution is 2.20. The van der Waals surface area contributed by atoms with Gasteiger partial charge in [0.1, 0.15) is 0 Å². The molecule has 2 nitrogen and oxygen atoms in total. The molecule has 0 heterocycles. The lowest BCUT2D eigenvalue weighted by molar-refractivity contribution is 0.0896. The summed E-state index contributed by atoms with van der Waals surface area (Å²) in [6, 6.07) is 8.73. The van der Waals surface area contributed by atoms with Gasteiger partial charge in [-0.2, -0.15) is 0 Å². The quantitative estimate of drug-likeness (QED) is 0.519. The number of aryl methyl sites for hydroxylation is 1. The molecule has 0 aliphatic heterocycles. The second kappa shape index (κ2) is 10.4. The van der Waals surface area contributed by atoms with Crippen molar-refractivity contribution in [3.63, 3.8) is 0 Å². The molecule has 0 saturated carbocycles. The van der Waals surface area contributed by atoms with Crippen molar-refractivity contribution in [3.05, 3.63) is 29.8 Å². The van der Waals surface area contributed by atoms with Crippen molar-refractivity contribution in [1.29, 1.82) is 0 Å². The Bertz CT molecular complexity index is 298. The van der Waals surface area contributed by atoms with Crippen LogP contribution in [0.1, 0.15) is 31.2 Å². The summed E-state index contributed by atoms with van der Waals surface area (Å²) in [6.45, 7) is 3.51. The van der Waals surface area contributed by atoms with E-state index in [1.54, 1.807) is 0 Å². The molecule has 3 heteroatoms. The number of hydrogen-bond acceptors (Lipinski definition) is 3. The van der Waals surface area contributed by atoms with Gasteiger partial charge in [0.25, 0.3) is 0 Å². The highest BCUT2D eigenvalue weighted by Gasteiger charge is 1.95. The predicted molar refractivity (Wildman–Crippen MR) is 78.3 cm³/mol. The molecule has 0 spiro atoms. The number of benzene rings is 1. The first-order chi connectivity index (χ1) is 8.83. The van der Waals surface area contributed by atoms with Crippen LogP contribution in [-0.4, -0.2) is 30.7 Å². The van der Waals surface area contributed by atoms with Crippen LogP contribution in [0.3, 0.4) is 0 Å². The molecule has 0 bridgehead atoms. The molecule has 1 N–H and O–H groups in total. The summed E-state index contributed by atoms with van der Waals surface area (Å²) in [5, 5.41) is 8.54. The van der Waals surface area contributed by atoms with Crippen LogP contribution in [0.4, 0.5) is 0 Å². The number of thioether (sulfide) groups is 1. The van der Waals surface area contributed by atoms with Gasteiger partial charge in [-0.25, -0.2) is 0 Å². The smallest absolute Gasteiger partial charge is 0.0697 e. The molecule has 0 aliphatic carbocycles. The summed E-state index contributed by atoms with van der Waals surface area (Å²) >= 11 is 1.94. The molecular weight excluding hydrogens is 244 g/mol. The van der Waals surface area contributed by atoms with Gasteiger partial charge in [0.2, 0.25) is 0 Å². The summed E-state index contributed by atoms with van der Waals surface area (Å²) in [4.78, 5) is 1.37. The molecule has 0 radical (unpaired) electrons. The normalized spacial score (nSPS) is 10.8. The fraction of sp³-hybridized carbons (Fsp3) is 0.600. The number of aliphatic hydroxyl groups is 1. The Morgan fingerprint density at radius 3 is 2.44 bits per heavy atom. The second-order valence-electron chi connectivity index (χ2n) is 4.41. The molecule has 0 amide bonds. The van der Waals surface area contributed by atoms with Crippen LogP contribution in [-0.2, 0) is 4.74 Å². The summed E-state index contributed by atoms with van der Waals surface area (Å²) < 4.78 is 5.21. The maximum atomic E-state index is 8.54. The Labute approximate surface area is 115 Å². The largest absolute Gasteiger partial charge is 0.394 e. The number of hydrogen-bond donors (Lipinski definition) is 1. The maximum absolute atomic E-state index is 8.54. The number of rotatable bonds is 10. The third-order valence-corrected chi connectivity index (χ3v) is 3.81. The lowest BCUT2D eigenvalue weighted by Gasteiger charge is -2.03. The topological polar surface area (TPSA) is 29.5 Å². The maximum Gasteiger partial charge on any atom is 0.0697 e. The predicted octanol–water partition coefficient (Wildman–Crippen LogP) is 3.66. The van der Waals surface area contributed by atoms with E-state index in [2.05, 4.69) is 31.2 Å². The zero-order valence-electron chi connectivity index (χ0n) is 11.2. The first-order valence-corrected chi connectivity index (χ1v) is 7.69. The van der Waals surface area contributed by atoms with E-state index in [0.717, 1.165) is 13.0 Å². The van der Waals surface area contributed by atoms with E-state index in [1.165, 1.54) is 35.5 Å². The van der Waals surface area contributed by atoms with Gasteiger partial charge in [0.15, 0.2) is 0 Å². The Morgan fingerprint density at radius 2 is 1.72 bits per heavy atom. The summed E-state index contributed by atoms with van der Waals surface area (Å²) in [5.74, 6) is 1.19. The molecule has 1 aromatic rings. The lowest BCUT2D eigenvalue weighted by Crippen LogP contribution is -2.00. The van der Waals surface area contributed by atoms with E-state index in [0.29, 0.717) is 6.61 Å². The fourth-order valence-electron chi connectivity index (χ4n) is 1.65. The van der Waals surface area contributed by atoms with Gasteiger partial charge in [0.05, 0.1) is 13.2 Å². The number of unbranched alkanes of at least 4 members (excludes halogenated alkanes) is 3. The van der Waals surface area contributed by atoms with Crippen molar-refractivity contribution >= 4 is 11.8 Å². The Kier molecular flexibility index (Phi) is 9.00. The number of ether oxygens (including phenoxy) is 1. The number of aliphatic hydroxyl groups excluding tert-OH is 1. The first-order valence-electron chi connectivity index (χ1n) is 6.71. The molecule has 1 aromatic carbocycles. The van der Waals surface area contributed by atoms with Crippen LogP contribution < -0.4 is 0 Å². The molecule has 0 aromatic heterocycles. The lowest BCUT2D eigenvalue weighted by atomic mass is 10.2. The zero-order chi connectivity index (χ0) is 13.1. The van der Waals surface area contributed by atoms with Gasteiger partial charge in [0, 0.05) is 11.5 Å². The third-order valence-electron chi connectivity index (χ3n) is 2.71. The molecule has 0 unspecified atom stereocenters. The van der Waals surface area contributed by atoms with Crippen molar-refractivity contribution < 1.29 is 9.84 Å². The van der Waals surface area contributed by atoms with Crippen molar-refractivity contribution in [2.45, 2.75) is 37.5 Å². The standard InChI is InChI=1S/C15H24O2S/c1-14-6-8-15(9-7-14)18-13-5-3-2-4-11-17-12-10-16/h6-9,16H,2-5,10-13H2,1H3. The SMILES string of the molecule is Cc1ccc(SCCCCCCOCCO)cc1. The summed E-state index contributed by atoms with van der Waals surface area (Å²) in [5.41, 5.74) is 1.32. The molecular formula is C15H24O2S. The fourth-order valence-corrected chi connectivity index (χ4v) is 2.56. The van der Waals surface area contributed by atoms with Gasteiger partial charge in [-0.15, -0.1) is 11.8 Å². The molecule has 102 valence electrons. The van der Waals surface area contributed by atoms with Crippen LogP contribution in [0.2, 0.25) is 0 Å². The summed E-state index contributed by atoms with van der Waals surface area (Å²) in [6.07, 6.45) is 4.86. The monoisotopic (exact) mass is 268 g/mol. The van der Waals surface area contributed by atoms with Crippen LogP contribution in [0.5, 0.6) is 0 Å². The Balaban J connectivity index is 1.91. The Morgan fingerprint density at radius 1 is 1.00 bits per heavy atom. The van der Waals surface area contributed by atoms with E-state index in [9.17, 15) is 0 Å². The van der Waals surface area contributed by atoms with Gasteiger partial charge < -0.3 is 9.84 Å². The minimum absolute atomic E-state index is 0.132. The van der Waals surface area contributed by atoms with E-state index in [4.69, 9.17) is 9.84 Å². The third kappa shape index (κ3) is 7.75. The Hall–Kier alpha value is -0.510. The van der Waals surface area contributed by atoms with Gasteiger partial charge in [-0.1, -0.05) is 30.5 Å². The van der Waals surface area contributed by atoms with Crippen molar-refractivity contribution in [2.75, 3.05) is 25.6 Å². The minimum atomic E-state index is 0.132. The first kappa shape index (κ1) is 15.5. The highest BCUT2D eigenvalue weighted by atomic mass is 32.2. The zero-order valence-corrected chi connectivity index (χ0v) is 12.0. The molecule has 0 fully saturated rings. The summed E-state index contributed by atoms with van der Waals surface area (Å²) in [7, 11) is 0. The average molecular weight is 268 g/mol. The molecule has 0 aliphatic rings. The molecule has 1 rings (SSSR count). The van der Waals surface area contributed by atoms with E-state index in [-0.39, 0.29) is 6.61 Å². The van der Waals surface area contributed by atoms with Crippen LogP contribution >= 0.6 is 11.8 Å². The van der Waals surface area contributed by atoms with Crippen LogP contribution in [0, 0.1) is 6.92 Å². The average Bonchev–Trinajstić information content (AvgIpc) is 2.39. The van der Waals surface area contributed by atoms with E-state index >= 15 is 0 Å². The van der Waals surface area contributed by atoms with Gasteiger partial charge in [-0.3, -0.25) is 0 Å². The van der Waals surface area contributed by atoms with Crippen LogP contribution in [0.15, 0.2) is 29.2 Å². The second-order valence-corrected chi connectivity index (χ2v) is 5.58. The van der Waals surface area contributed by atoms with E-state index < -0.39 is 0 Å². The van der Waals surface area contributed by atoms with Crippen molar-refractivity contribution in [3.8, 4) is 0 Å².